The summed E-state index contributed by atoms with van der Waals surface area (Å²) < 4.78 is 0.935. The third-order valence-electron chi connectivity index (χ3n) is 2.25. The number of hydrogen-bond acceptors (Lipinski definition) is 2. The summed E-state index contributed by atoms with van der Waals surface area (Å²) in [7, 11) is 0. The van der Waals surface area contributed by atoms with Gasteiger partial charge in [-0.2, -0.15) is 0 Å². The Morgan fingerprint density at radius 1 is 1.44 bits per heavy atom. The summed E-state index contributed by atoms with van der Waals surface area (Å²) in [6.07, 6.45) is 0.733. The smallest absolute Gasteiger partial charge is 0.239 e. The van der Waals surface area contributed by atoms with E-state index < -0.39 is 0 Å². The molecule has 3 nitrogen and oxygen atoms in total. The number of anilines is 1. The molecule has 1 rings (SSSR count). The van der Waals surface area contributed by atoms with E-state index in [1.165, 1.54) is 0 Å². The van der Waals surface area contributed by atoms with E-state index in [0.717, 1.165) is 16.6 Å². The molecule has 4 heteroatoms. The summed E-state index contributed by atoms with van der Waals surface area (Å²) in [4.78, 5) is 11.3. The Labute approximate surface area is 105 Å². The number of halogens is 1. The zero-order chi connectivity index (χ0) is 12.1. The summed E-state index contributed by atoms with van der Waals surface area (Å²) in [6, 6.07) is 7.37. The van der Waals surface area contributed by atoms with Crippen LogP contribution >= 0.6 is 15.9 Å². The first-order valence-electron chi connectivity index (χ1n) is 5.31. The Hall–Kier alpha value is -1.03. The number of para-hydroxylation sites is 1. The molecule has 0 aromatic heterocycles. The third-order valence-corrected chi connectivity index (χ3v) is 2.95. The van der Waals surface area contributed by atoms with Crippen LogP contribution in [-0.4, -0.2) is 11.9 Å². The highest BCUT2D eigenvalue weighted by Gasteiger charge is 2.17. The topological polar surface area (TPSA) is 55.1 Å². The van der Waals surface area contributed by atoms with Crippen molar-refractivity contribution in [3.63, 3.8) is 0 Å². The van der Waals surface area contributed by atoms with Gasteiger partial charge < -0.3 is 11.1 Å². The van der Waals surface area contributed by atoms with E-state index in [2.05, 4.69) is 35.1 Å². The van der Waals surface area contributed by atoms with Crippen molar-refractivity contribution in [1.82, 2.24) is 0 Å². The normalized spacial score (nSPS) is 12.5. The van der Waals surface area contributed by atoms with Crippen LogP contribution in [0.2, 0.25) is 0 Å². The standard InChI is InChI=1S/C12H17BrN2O/c1-8(2)7-11(12(14)16)15-10-6-4-3-5-9(10)13/h3-6,8,11,15H,7H2,1-2H3,(H2,14,16)/t11-/m0/s1. The fourth-order valence-corrected chi connectivity index (χ4v) is 1.88. The van der Waals surface area contributed by atoms with Crippen LogP contribution in [0.25, 0.3) is 0 Å². The van der Waals surface area contributed by atoms with Crippen LogP contribution in [-0.2, 0) is 4.79 Å². The molecule has 0 radical (unpaired) electrons. The van der Waals surface area contributed by atoms with Gasteiger partial charge in [-0.25, -0.2) is 0 Å². The van der Waals surface area contributed by atoms with Gasteiger partial charge >= 0.3 is 0 Å². The third kappa shape index (κ3) is 3.85. The second-order valence-electron chi connectivity index (χ2n) is 4.21. The minimum absolute atomic E-state index is 0.315. The summed E-state index contributed by atoms with van der Waals surface area (Å²) in [5.41, 5.74) is 6.26. The fraction of sp³-hybridized carbons (Fsp3) is 0.417. The lowest BCUT2D eigenvalue weighted by atomic mass is 10.0. The largest absolute Gasteiger partial charge is 0.373 e. The van der Waals surface area contributed by atoms with Gasteiger partial charge in [-0.05, 0) is 40.4 Å². The van der Waals surface area contributed by atoms with Crippen molar-refractivity contribution in [3.8, 4) is 0 Å². The van der Waals surface area contributed by atoms with Crippen LogP contribution in [0.3, 0.4) is 0 Å². The van der Waals surface area contributed by atoms with Crippen molar-refractivity contribution in [2.75, 3.05) is 5.32 Å². The molecule has 0 aliphatic carbocycles. The zero-order valence-corrected chi connectivity index (χ0v) is 11.1. The highest BCUT2D eigenvalue weighted by Crippen LogP contribution is 2.23. The Balaban J connectivity index is 2.76. The molecule has 0 saturated heterocycles. The summed E-state index contributed by atoms with van der Waals surface area (Å²) >= 11 is 3.43. The van der Waals surface area contributed by atoms with E-state index in [-0.39, 0.29) is 11.9 Å². The van der Waals surface area contributed by atoms with Crippen molar-refractivity contribution in [2.24, 2.45) is 11.7 Å². The summed E-state index contributed by atoms with van der Waals surface area (Å²) in [6.45, 7) is 4.13. The molecule has 1 atom stereocenters. The van der Waals surface area contributed by atoms with Crippen molar-refractivity contribution >= 4 is 27.5 Å². The lowest BCUT2D eigenvalue weighted by Gasteiger charge is -2.19. The molecule has 0 unspecified atom stereocenters. The minimum atomic E-state index is -0.321. The average molecular weight is 285 g/mol. The van der Waals surface area contributed by atoms with Crippen LogP contribution in [0.5, 0.6) is 0 Å². The average Bonchev–Trinajstić information content (AvgIpc) is 2.19. The fourth-order valence-electron chi connectivity index (χ4n) is 1.48. The number of carbonyl (C=O) groups excluding carboxylic acids is 1. The van der Waals surface area contributed by atoms with Gasteiger partial charge in [0.25, 0.3) is 0 Å². The number of amides is 1. The molecule has 1 aromatic rings. The molecule has 0 aliphatic rings. The van der Waals surface area contributed by atoms with Gasteiger partial charge in [-0.3, -0.25) is 4.79 Å². The van der Waals surface area contributed by atoms with Gasteiger partial charge in [-0.15, -0.1) is 0 Å². The van der Waals surface area contributed by atoms with Gasteiger partial charge in [0.15, 0.2) is 0 Å². The number of carbonyl (C=O) groups is 1. The van der Waals surface area contributed by atoms with E-state index in [4.69, 9.17) is 5.73 Å². The Kier molecular flexibility index (Phi) is 4.80. The van der Waals surface area contributed by atoms with Gasteiger partial charge in [-0.1, -0.05) is 26.0 Å². The lowest BCUT2D eigenvalue weighted by Crippen LogP contribution is -2.36. The van der Waals surface area contributed by atoms with E-state index in [1.54, 1.807) is 0 Å². The van der Waals surface area contributed by atoms with Crippen LogP contribution in [0.1, 0.15) is 20.3 Å². The first-order chi connectivity index (χ1) is 7.50. The first kappa shape index (κ1) is 13.0. The van der Waals surface area contributed by atoms with E-state index in [1.807, 2.05) is 24.3 Å². The van der Waals surface area contributed by atoms with Gasteiger partial charge in [0, 0.05) is 10.2 Å². The SMILES string of the molecule is CC(C)C[C@H](Nc1ccccc1Br)C(N)=O. The zero-order valence-electron chi connectivity index (χ0n) is 9.53. The van der Waals surface area contributed by atoms with Gasteiger partial charge in [0.05, 0.1) is 0 Å². The Bertz CT molecular complexity index is 366. The molecule has 0 aliphatic heterocycles. The Morgan fingerprint density at radius 2 is 2.06 bits per heavy atom. The van der Waals surface area contributed by atoms with Crippen molar-refractivity contribution in [2.45, 2.75) is 26.3 Å². The molecule has 1 aromatic carbocycles. The molecule has 3 N–H and O–H groups in total. The predicted octanol–water partition coefficient (Wildman–Crippen LogP) is 2.76. The second kappa shape index (κ2) is 5.89. The van der Waals surface area contributed by atoms with Crippen LogP contribution in [0, 0.1) is 5.92 Å². The molecule has 0 saturated carbocycles. The number of nitrogens with one attached hydrogen (secondary N) is 1. The highest BCUT2D eigenvalue weighted by atomic mass is 79.9. The molecule has 0 bridgehead atoms. The molecule has 88 valence electrons. The van der Waals surface area contributed by atoms with Crippen LogP contribution in [0.15, 0.2) is 28.7 Å². The number of benzene rings is 1. The number of nitrogens with two attached hydrogens (primary N) is 1. The van der Waals surface area contributed by atoms with Gasteiger partial charge in [0.2, 0.25) is 5.91 Å². The number of rotatable bonds is 5. The highest BCUT2D eigenvalue weighted by molar-refractivity contribution is 9.10. The number of primary amides is 1. The predicted molar refractivity (Wildman–Crippen MR) is 70.2 cm³/mol. The molecular weight excluding hydrogens is 268 g/mol. The number of hydrogen-bond donors (Lipinski definition) is 2. The monoisotopic (exact) mass is 284 g/mol. The summed E-state index contributed by atoms with van der Waals surface area (Å²) in [5, 5.41) is 3.16. The minimum Gasteiger partial charge on any atom is -0.373 e. The molecule has 16 heavy (non-hydrogen) atoms. The summed E-state index contributed by atoms with van der Waals surface area (Å²) in [5.74, 6) is 0.108. The first-order valence-corrected chi connectivity index (χ1v) is 6.10. The van der Waals surface area contributed by atoms with E-state index >= 15 is 0 Å². The van der Waals surface area contributed by atoms with Crippen LogP contribution in [0.4, 0.5) is 5.69 Å². The van der Waals surface area contributed by atoms with Gasteiger partial charge in [0.1, 0.15) is 6.04 Å². The molecule has 1 amide bonds. The van der Waals surface area contributed by atoms with Crippen LogP contribution < -0.4 is 11.1 Å². The van der Waals surface area contributed by atoms with E-state index in [9.17, 15) is 4.79 Å². The maximum absolute atomic E-state index is 11.3. The maximum atomic E-state index is 11.3. The van der Waals surface area contributed by atoms with Crippen molar-refractivity contribution < 1.29 is 4.79 Å². The molecule has 0 heterocycles. The Morgan fingerprint density at radius 3 is 2.56 bits per heavy atom. The van der Waals surface area contributed by atoms with Crippen molar-refractivity contribution in [3.05, 3.63) is 28.7 Å². The van der Waals surface area contributed by atoms with E-state index in [0.29, 0.717) is 5.92 Å². The van der Waals surface area contributed by atoms with Crippen molar-refractivity contribution in [1.29, 1.82) is 0 Å². The quantitative estimate of drug-likeness (QED) is 0.874. The maximum Gasteiger partial charge on any atom is 0.239 e. The second-order valence-corrected chi connectivity index (χ2v) is 5.06. The molecule has 0 fully saturated rings. The molecular formula is C12H17BrN2O. The molecule has 0 spiro atoms. The lowest BCUT2D eigenvalue weighted by molar-refractivity contribution is -0.119.